The van der Waals surface area contributed by atoms with Crippen LogP contribution in [0.25, 0.3) is 10.4 Å². The molecule has 1 fully saturated rings. The molecule has 6 nitrogen and oxygen atoms in total. The minimum atomic E-state index is -0.221. The number of nitrogens with zero attached hydrogens (tertiary/aromatic N) is 2. The highest BCUT2D eigenvalue weighted by Crippen LogP contribution is 2.37. The maximum Gasteiger partial charge on any atom is 0.267 e. The second-order valence-electron chi connectivity index (χ2n) is 6.85. The normalized spacial score (nSPS) is 14.0. The summed E-state index contributed by atoms with van der Waals surface area (Å²) in [5.41, 5.74) is 0.989. The maximum atomic E-state index is 12.8. The van der Waals surface area contributed by atoms with Gasteiger partial charge in [-0.3, -0.25) is 9.59 Å². The number of hydrogen-bond acceptors (Lipinski definition) is 5. The van der Waals surface area contributed by atoms with Crippen LogP contribution in [0.3, 0.4) is 0 Å². The first-order chi connectivity index (χ1) is 13.6. The molecular formula is C21H26N2O4S. The summed E-state index contributed by atoms with van der Waals surface area (Å²) in [5.74, 6) is 0.153. The van der Waals surface area contributed by atoms with E-state index in [4.69, 9.17) is 9.84 Å². The number of likely N-dealkylation sites (N-methyl/N-ethyl adjacent to an activating group) is 1. The number of rotatable bonds is 7. The summed E-state index contributed by atoms with van der Waals surface area (Å²) in [7, 11) is 1.64. The molecule has 1 aliphatic rings. The Balaban J connectivity index is 1.80. The summed E-state index contributed by atoms with van der Waals surface area (Å²) in [6.07, 6.45) is 3.21. The molecule has 0 aliphatic carbocycles. The fraction of sp³-hybridized carbons (Fsp3) is 0.429. The van der Waals surface area contributed by atoms with Crippen molar-refractivity contribution < 1.29 is 19.4 Å². The van der Waals surface area contributed by atoms with Crippen molar-refractivity contribution >= 4 is 23.2 Å². The van der Waals surface area contributed by atoms with Crippen LogP contribution in [-0.4, -0.2) is 66.6 Å². The van der Waals surface area contributed by atoms with Crippen LogP contribution >= 0.6 is 11.3 Å². The van der Waals surface area contributed by atoms with E-state index in [-0.39, 0.29) is 31.6 Å². The van der Waals surface area contributed by atoms with Crippen molar-refractivity contribution in [1.29, 1.82) is 0 Å². The lowest BCUT2D eigenvalue weighted by Crippen LogP contribution is -2.38. The predicted molar refractivity (Wildman–Crippen MR) is 110 cm³/mol. The molecule has 0 saturated carbocycles. The van der Waals surface area contributed by atoms with E-state index in [1.165, 1.54) is 16.2 Å². The topological polar surface area (TPSA) is 70.1 Å². The van der Waals surface area contributed by atoms with Crippen molar-refractivity contribution in [1.82, 2.24) is 9.80 Å². The second-order valence-corrected chi connectivity index (χ2v) is 7.90. The molecule has 1 N–H and O–H groups in total. The summed E-state index contributed by atoms with van der Waals surface area (Å²) in [6.45, 7) is 1.60. The molecule has 0 radical (unpaired) electrons. The van der Waals surface area contributed by atoms with E-state index in [1.807, 2.05) is 41.3 Å². The van der Waals surface area contributed by atoms with Crippen LogP contribution in [0, 0.1) is 0 Å². The monoisotopic (exact) mass is 402 g/mol. The van der Waals surface area contributed by atoms with Crippen LogP contribution in [0.5, 0.6) is 5.75 Å². The number of thiophene rings is 1. The van der Waals surface area contributed by atoms with Crippen molar-refractivity contribution in [3.05, 3.63) is 41.3 Å². The summed E-state index contributed by atoms with van der Waals surface area (Å²) in [5, 5.41) is 9.13. The van der Waals surface area contributed by atoms with E-state index in [0.29, 0.717) is 10.6 Å². The van der Waals surface area contributed by atoms with Crippen molar-refractivity contribution in [2.24, 2.45) is 0 Å². The number of carbonyl (C=O) groups is 2. The van der Waals surface area contributed by atoms with Gasteiger partial charge in [0.05, 0.1) is 6.61 Å². The number of carbonyl (C=O) groups excluding carboxylic acids is 2. The number of likely N-dealkylation sites (tertiary alicyclic amines) is 1. The van der Waals surface area contributed by atoms with Gasteiger partial charge < -0.3 is 19.6 Å². The fourth-order valence-corrected chi connectivity index (χ4v) is 4.28. The van der Waals surface area contributed by atoms with E-state index >= 15 is 0 Å². The molecule has 1 aromatic carbocycles. The van der Waals surface area contributed by atoms with E-state index in [2.05, 4.69) is 0 Å². The van der Waals surface area contributed by atoms with Crippen molar-refractivity contribution in [2.75, 3.05) is 39.9 Å². The molecule has 28 heavy (non-hydrogen) atoms. The van der Waals surface area contributed by atoms with E-state index in [0.717, 1.165) is 42.8 Å². The smallest absolute Gasteiger partial charge is 0.267 e. The molecule has 7 heteroatoms. The number of amides is 2. The SMILES string of the molecule is CN(CCO)C(=O)c1sc(-c2ccccc2)cc1OCC(=O)N1CCCCC1. The maximum absolute atomic E-state index is 12.8. The molecule has 0 spiro atoms. The van der Waals surface area contributed by atoms with Gasteiger partial charge in [-0.2, -0.15) is 0 Å². The largest absolute Gasteiger partial charge is 0.482 e. The first-order valence-electron chi connectivity index (χ1n) is 9.56. The van der Waals surface area contributed by atoms with Crippen LogP contribution in [0.15, 0.2) is 36.4 Å². The highest BCUT2D eigenvalue weighted by molar-refractivity contribution is 7.17. The van der Waals surface area contributed by atoms with Crippen molar-refractivity contribution in [2.45, 2.75) is 19.3 Å². The minimum Gasteiger partial charge on any atom is -0.482 e. The molecule has 2 aromatic rings. The van der Waals surface area contributed by atoms with Gasteiger partial charge in [0.1, 0.15) is 10.6 Å². The number of hydrogen-bond donors (Lipinski definition) is 1. The Morgan fingerprint density at radius 2 is 1.89 bits per heavy atom. The standard InChI is InChI=1S/C21H26N2O4S/c1-22(12-13-24)21(26)20-17(14-18(28-20)16-8-4-2-5-9-16)27-15-19(25)23-10-6-3-7-11-23/h2,4-5,8-9,14,24H,3,6-7,10-13,15H2,1H3. The summed E-state index contributed by atoms with van der Waals surface area (Å²) < 4.78 is 5.81. The van der Waals surface area contributed by atoms with Gasteiger partial charge in [-0.25, -0.2) is 0 Å². The number of aliphatic hydroxyl groups excluding tert-OH is 1. The third-order valence-electron chi connectivity index (χ3n) is 4.79. The molecule has 1 aromatic heterocycles. The highest BCUT2D eigenvalue weighted by Gasteiger charge is 2.23. The Morgan fingerprint density at radius 3 is 2.57 bits per heavy atom. The third-order valence-corrected chi connectivity index (χ3v) is 5.95. The summed E-state index contributed by atoms with van der Waals surface area (Å²) in [6, 6.07) is 11.6. The van der Waals surface area contributed by atoms with Gasteiger partial charge in [0.15, 0.2) is 6.61 Å². The molecule has 1 saturated heterocycles. The minimum absolute atomic E-state index is 0.0470. The van der Waals surface area contributed by atoms with Gasteiger partial charge in [0.2, 0.25) is 0 Å². The molecule has 2 heterocycles. The molecule has 150 valence electrons. The lowest BCUT2D eigenvalue weighted by atomic mass is 10.1. The lowest BCUT2D eigenvalue weighted by molar-refractivity contribution is -0.134. The third kappa shape index (κ3) is 4.91. The van der Waals surface area contributed by atoms with Crippen molar-refractivity contribution in [3.8, 4) is 16.2 Å². The van der Waals surface area contributed by atoms with Crippen molar-refractivity contribution in [3.63, 3.8) is 0 Å². The van der Waals surface area contributed by atoms with Gasteiger partial charge in [0, 0.05) is 31.6 Å². The first kappa shape index (κ1) is 20.4. The number of aliphatic hydroxyl groups is 1. The summed E-state index contributed by atoms with van der Waals surface area (Å²) in [4.78, 5) is 29.9. The van der Waals surface area contributed by atoms with Crippen LogP contribution in [0.2, 0.25) is 0 Å². The Labute approximate surface area is 169 Å². The molecule has 0 bridgehead atoms. The van der Waals surface area contributed by atoms with Gasteiger partial charge in [0.25, 0.3) is 11.8 Å². The zero-order valence-electron chi connectivity index (χ0n) is 16.1. The fourth-order valence-electron chi connectivity index (χ4n) is 3.17. The molecule has 0 atom stereocenters. The number of benzene rings is 1. The van der Waals surface area contributed by atoms with Crippen LogP contribution in [0.4, 0.5) is 0 Å². The Bertz CT molecular complexity index is 800. The lowest BCUT2D eigenvalue weighted by Gasteiger charge is -2.26. The first-order valence-corrected chi connectivity index (χ1v) is 10.4. The Kier molecular flexibility index (Phi) is 7.06. The quantitative estimate of drug-likeness (QED) is 0.773. The Hall–Kier alpha value is -2.38. The predicted octanol–water partition coefficient (Wildman–Crippen LogP) is 2.87. The Morgan fingerprint density at radius 1 is 1.18 bits per heavy atom. The van der Waals surface area contributed by atoms with Crippen LogP contribution in [0.1, 0.15) is 28.9 Å². The molecule has 0 unspecified atom stereocenters. The van der Waals surface area contributed by atoms with Gasteiger partial charge in [-0.1, -0.05) is 30.3 Å². The molecule has 2 amide bonds. The van der Waals surface area contributed by atoms with Gasteiger partial charge >= 0.3 is 0 Å². The molecule has 3 rings (SSSR count). The van der Waals surface area contributed by atoms with Gasteiger partial charge in [-0.05, 0) is 30.9 Å². The van der Waals surface area contributed by atoms with E-state index in [1.54, 1.807) is 7.05 Å². The van der Waals surface area contributed by atoms with Crippen LogP contribution in [-0.2, 0) is 4.79 Å². The number of piperidine rings is 1. The van der Waals surface area contributed by atoms with E-state index in [9.17, 15) is 9.59 Å². The second kappa shape index (κ2) is 9.71. The molecule has 1 aliphatic heterocycles. The average Bonchev–Trinajstić information content (AvgIpc) is 3.17. The zero-order valence-corrected chi connectivity index (χ0v) is 16.9. The average molecular weight is 403 g/mol. The van der Waals surface area contributed by atoms with Gasteiger partial charge in [-0.15, -0.1) is 11.3 Å². The summed E-state index contributed by atoms with van der Waals surface area (Å²) >= 11 is 1.34. The molecular weight excluding hydrogens is 376 g/mol. The van der Waals surface area contributed by atoms with Crippen LogP contribution < -0.4 is 4.74 Å². The van der Waals surface area contributed by atoms with E-state index < -0.39 is 0 Å². The number of ether oxygens (including phenoxy) is 1. The highest BCUT2D eigenvalue weighted by atomic mass is 32.1. The zero-order chi connectivity index (χ0) is 19.9.